The van der Waals surface area contributed by atoms with Gasteiger partial charge in [-0.2, -0.15) is 0 Å². The highest BCUT2D eigenvalue weighted by molar-refractivity contribution is 6.31. The van der Waals surface area contributed by atoms with E-state index in [4.69, 9.17) is 25.5 Å². The fraction of sp³-hybridized carbons (Fsp3) is 0.296. The molecular weight excluding hydrogens is 498 g/mol. The van der Waals surface area contributed by atoms with E-state index < -0.39 is 30.3 Å². The molecule has 0 unspecified atom stereocenters. The van der Waals surface area contributed by atoms with Crippen molar-refractivity contribution in [2.45, 2.75) is 25.0 Å². The lowest BCUT2D eigenvalue weighted by Crippen LogP contribution is -2.48. The van der Waals surface area contributed by atoms with E-state index in [0.29, 0.717) is 29.5 Å². The second kappa shape index (κ2) is 12.4. The molecule has 0 bridgehead atoms. The number of benzene rings is 2. The number of furan rings is 1. The Morgan fingerprint density at radius 2 is 1.92 bits per heavy atom. The summed E-state index contributed by atoms with van der Waals surface area (Å²) in [5.41, 5.74) is 0.855. The normalized spacial score (nSPS) is 15.6. The number of amides is 3. The van der Waals surface area contributed by atoms with Crippen molar-refractivity contribution >= 4 is 35.0 Å². The average Bonchev–Trinajstić information content (AvgIpc) is 3.64. The first-order chi connectivity index (χ1) is 18.0. The van der Waals surface area contributed by atoms with Gasteiger partial charge in [0.2, 0.25) is 11.8 Å². The lowest BCUT2D eigenvalue weighted by atomic mass is 10.0. The van der Waals surface area contributed by atoms with E-state index in [2.05, 4.69) is 10.6 Å². The second-order valence-electron chi connectivity index (χ2n) is 8.43. The number of halogens is 1. The maximum absolute atomic E-state index is 13.8. The number of nitrogens with one attached hydrogen (secondary N) is 2. The standard InChI is InChI=1S/C27H28ClN3O6/c1-35-22-12-11-19(28)15-21(22)31(24(32)17-30-26(33)23-10-6-14-37-23)25(18-7-3-2-4-8-18)27(34)29-16-20-9-5-13-36-20/h2-4,6-8,10-12,14-15,20,25H,5,9,13,16-17H2,1H3,(H,29,34)(H,30,33)/t20-,25+/m1/s1. The zero-order chi connectivity index (χ0) is 26.2. The van der Waals surface area contributed by atoms with Gasteiger partial charge >= 0.3 is 0 Å². The monoisotopic (exact) mass is 525 g/mol. The van der Waals surface area contributed by atoms with Crippen molar-refractivity contribution in [3.05, 3.63) is 83.3 Å². The molecule has 3 aromatic rings. The van der Waals surface area contributed by atoms with E-state index in [-0.39, 0.29) is 17.6 Å². The Morgan fingerprint density at radius 3 is 2.59 bits per heavy atom. The van der Waals surface area contributed by atoms with Crippen LogP contribution in [0.2, 0.25) is 5.02 Å². The number of anilines is 1. The summed E-state index contributed by atoms with van der Waals surface area (Å²) >= 11 is 6.30. The van der Waals surface area contributed by atoms with Crippen LogP contribution in [0.25, 0.3) is 0 Å². The molecule has 0 radical (unpaired) electrons. The molecule has 1 aromatic heterocycles. The lowest BCUT2D eigenvalue weighted by molar-refractivity contribution is -0.126. The molecule has 194 valence electrons. The molecule has 1 saturated heterocycles. The number of hydrogen-bond acceptors (Lipinski definition) is 6. The Labute approximate surface area is 219 Å². The smallest absolute Gasteiger partial charge is 0.287 e. The van der Waals surface area contributed by atoms with Gasteiger partial charge in [-0.1, -0.05) is 41.9 Å². The van der Waals surface area contributed by atoms with Gasteiger partial charge in [0.05, 0.1) is 31.7 Å². The van der Waals surface area contributed by atoms with Crippen molar-refractivity contribution in [2.24, 2.45) is 0 Å². The van der Waals surface area contributed by atoms with E-state index >= 15 is 0 Å². The molecule has 9 nitrogen and oxygen atoms in total. The molecule has 2 aromatic carbocycles. The summed E-state index contributed by atoms with van der Waals surface area (Å²) in [5.74, 6) is -1.12. The second-order valence-corrected chi connectivity index (χ2v) is 8.87. The first-order valence-corrected chi connectivity index (χ1v) is 12.3. The van der Waals surface area contributed by atoms with Crippen LogP contribution in [0.3, 0.4) is 0 Å². The van der Waals surface area contributed by atoms with E-state index in [1.54, 1.807) is 48.5 Å². The molecule has 0 saturated carbocycles. The first-order valence-electron chi connectivity index (χ1n) is 11.9. The molecule has 1 aliphatic rings. The molecule has 0 aliphatic carbocycles. The quantitative estimate of drug-likeness (QED) is 0.417. The van der Waals surface area contributed by atoms with E-state index in [0.717, 1.165) is 12.8 Å². The average molecular weight is 526 g/mol. The zero-order valence-electron chi connectivity index (χ0n) is 20.3. The van der Waals surface area contributed by atoms with Crippen molar-refractivity contribution in [1.29, 1.82) is 0 Å². The number of methoxy groups -OCH3 is 1. The van der Waals surface area contributed by atoms with Crippen LogP contribution in [-0.2, 0) is 14.3 Å². The third-order valence-corrected chi connectivity index (χ3v) is 6.20. The van der Waals surface area contributed by atoms with Crippen LogP contribution in [0.1, 0.15) is 35.0 Å². The zero-order valence-corrected chi connectivity index (χ0v) is 21.1. The highest BCUT2D eigenvalue weighted by Gasteiger charge is 2.35. The Morgan fingerprint density at radius 1 is 1.11 bits per heavy atom. The summed E-state index contributed by atoms with van der Waals surface area (Å²) in [4.78, 5) is 41.2. The van der Waals surface area contributed by atoms with Crippen molar-refractivity contribution in [3.8, 4) is 5.75 Å². The Kier molecular flexibility index (Phi) is 8.81. The maximum atomic E-state index is 13.8. The van der Waals surface area contributed by atoms with Gasteiger partial charge in [-0.3, -0.25) is 19.3 Å². The molecule has 2 N–H and O–H groups in total. The van der Waals surface area contributed by atoms with E-state index in [1.165, 1.54) is 24.3 Å². The Bertz CT molecular complexity index is 1210. The maximum Gasteiger partial charge on any atom is 0.287 e. The van der Waals surface area contributed by atoms with E-state index in [9.17, 15) is 14.4 Å². The molecule has 3 amide bonds. The summed E-state index contributed by atoms with van der Waals surface area (Å²) in [7, 11) is 1.46. The van der Waals surface area contributed by atoms with Gasteiger partial charge in [-0.25, -0.2) is 0 Å². The predicted octanol–water partition coefficient (Wildman–Crippen LogP) is 3.74. The summed E-state index contributed by atoms with van der Waals surface area (Å²) in [5, 5.41) is 5.84. The van der Waals surface area contributed by atoms with Gasteiger partial charge in [0, 0.05) is 18.2 Å². The van der Waals surface area contributed by atoms with Crippen molar-refractivity contribution in [1.82, 2.24) is 10.6 Å². The van der Waals surface area contributed by atoms with Crippen molar-refractivity contribution in [2.75, 3.05) is 31.7 Å². The van der Waals surface area contributed by atoms with Crippen LogP contribution in [-0.4, -0.2) is 50.6 Å². The minimum Gasteiger partial charge on any atom is -0.495 e. The van der Waals surface area contributed by atoms with Crippen LogP contribution >= 0.6 is 11.6 Å². The van der Waals surface area contributed by atoms with Gasteiger partial charge in [-0.05, 0) is 48.7 Å². The third kappa shape index (κ3) is 6.49. The number of nitrogens with zero attached hydrogens (tertiary/aromatic N) is 1. The van der Waals surface area contributed by atoms with Crippen molar-refractivity contribution in [3.63, 3.8) is 0 Å². The largest absolute Gasteiger partial charge is 0.495 e. The first kappa shape index (κ1) is 26.2. The van der Waals surface area contributed by atoms with Gasteiger partial charge in [0.15, 0.2) is 5.76 Å². The number of hydrogen-bond donors (Lipinski definition) is 2. The number of carbonyl (C=O) groups excluding carboxylic acids is 3. The molecule has 2 atom stereocenters. The Hall–Kier alpha value is -3.82. The molecule has 4 rings (SSSR count). The van der Waals surface area contributed by atoms with Crippen LogP contribution in [0.15, 0.2) is 71.3 Å². The van der Waals surface area contributed by atoms with Gasteiger partial charge in [-0.15, -0.1) is 0 Å². The molecule has 10 heteroatoms. The fourth-order valence-corrected chi connectivity index (χ4v) is 4.34. The molecule has 2 heterocycles. The minimum absolute atomic E-state index is 0.0635. The molecular formula is C27H28ClN3O6. The highest BCUT2D eigenvalue weighted by Crippen LogP contribution is 2.37. The number of ether oxygens (including phenoxy) is 2. The summed E-state index contributed by atoms with van der Waals surface area (Å²) in [6.07, 6.45) is 3.06. The summed E-state index contributed by atoms with van der Waals surface area (Å²) in [6.45, 7) is 0.562. The van der Waals surface area contributed by atoms with Crippen molar-refractivity contribution < 1.29 is 28.3 Å². The lowest BCUT2D eigenvalue weighted by Gasteiger charge is -2.32. The minimum atomic E-state index is -1.08. The van der Waals surface area contributed by atoms with Gasteiger partial charge in [0.25, 0.3) is 5.91 Å². The van der Waals surface area contributed by atoms with Gasteiger partial charge < -0.3 is 24.5 Å². The Balaban J connectivity index is 1.70. The number of carbonyl (C=O) groups is 3. The fourth-order valence-electron chi connectivity index (χ4n) is 4.17. The van der Waals surface area contributed by atoms with Gasteiger partial charge in [0.1, 0.15) is 11.8 Å². The topological polar surface area (TPSA) is 110 Å². The summed E-state index contributed by atoms with van der Waals surface area (Å²) < 4.78 is 16.3. The van der Waals surface area contributed by atoms with Crippen LogP contribution < -0.4 is 20.3 Å². The van der Waals surface area contributed by atoms with Crippen LogP contribution in [0.4, 0.5) is 5.69 Å². The number of rotatable bonds is 10. The SMILES string of the molecule is COc1ccc(Cl)cc1N(C(=O)CNC(=O)c1ccco1)[C@H](C(=O)NC[C@H]1CCCO1)c1ccccc1. The summed E-state index contributed by atoms with van der Waals surface area (Å²) in [6, 6.07) is 15.7. The molecule has 0 spiro atoms. The molecule has 1 aliphatic heterocycles. The highest BCUT2D eigenvalue weighted by atomic mass is 35.5. The van der Waals surface area contributed by atoms with Crippen LogP contribution in [0, 0.1) is 0 Å². The molecule has 1 fully saturated rings. The van der Waals surface area contributed by atoms with E-state index in [1.807, 2.05) is 6.07 Å². The predicted molar refractivity (Wildman–Crippen MR) is 138 cm³/mol. The van der Waals surface area contributed by atoms with Crippen LogP contribution in [0.5, 0.6) is 5.75 Å². The molecule has 37 heavy (non-hydrogen) atoms. The third-order valence-electron chi connectivity index (χ3n) is 5.96.